The van der Waals surface area contributed by atoms with Gasteiger partial charge < -0.3 is 14.4 Å². The molecule has 9 heteroatoms. The van der Waals surface area contributed by atoms with Gasteiger partial charge in [-0.3, -0.25) is 9.69 Å². The Labute approximate surface area is 190 Å². The van der Waals surface area contributed by atoms with E-state index in [1.807, 2.05) is 12.1 Å². The maximum Gasteiger partial charge on any atom is 0.338 e. The molecule has 1 saturated heterocycles. The van der Waals surface area contributed by atoms with Crippen LogP contribution in [-0.4, -0.2) is 61.5 Å². The summed E-state index contributed by atoms with van der Waals surface area (Å²) in [6.45, 7) is 3.41. The van der Waals surface area contributed by atoms with Crippen LogP contribution in [0.15, 0.2) is 24.3 Å². The lowest BCUT2D eigenvalue weighted by Gasteiger charge is -2.35. The number of amides is 1. The molecule has 2 aliphatic rings. The van der Waals surface area contributed by atoms with Crippen molar-refractivity contribution >= 4 is 11.9 Å². The van der Waals surface area contributed by atoms with Crippen LogP contribution in [0.5, 0.6) is 5.75 Å². The first-order valence-corrected chi connectivity index (χ1v) is 10.6. The molecule has 4 rings (SSSR count). The Kier molecular flexibility index (Phi) is 6.56. The van der Waals surface area contributed by atoms with Crippen LogP contribution < -0.4 is 4.74 Å². The van der Waals surface area contributed by atoms with E-state index in [0.29, 0.717) is 38.3 Å². The monoisotopic (exact) mass is 455 g/mol. The first-order chi connectivity index (χ1) is 15.9. The molecule has 2 aromatic carbocycles. The smallest absolute Gasteiger partial charge is 0.338 e. The highest BCUT2D eigenvalue weighted by Gasteiger charge is 2.26. The number of benzene rings is 2. The number of ether oxygens (including phenoxy) is 2. The zero-order valence-corrected chi connectivity index (χ0v) is 18.2. The third kappa shape index (κ3) is 4.66. The standard InChI is InChI=1S/C24H23F2N3O4/c1-32-23-19(20(25)11-16(13-27)22(23)26)12-21(30)29-8-6-28(7-9-29)5-4-15-2-3-18-17(10-15)14-33-24(18)31/h2-3,10-11H,4-9,12,14H2,1H3. The van der Waals surface area contributed by atoms with Crippen LogP contribution in [0.1, 0.15) is 32.6 Å². The van der Waals surface area contributed by atoms with E-state index >= 15 is 0 Å². The number of piperazine rings is 1. The Morgan fingerprint density at radius 1 is 1.21 bits per heavy atom. The minimum Gasteiger partial charge on any atom is -0.493 e. The average Bonchev–Trinajstić information content (AvgIpc) is 3.20. The van der Waals surface area contributed by atoms with Gasteiger partial charge in [0, 0.05) is 43.9 Å². The van der Waals surface area contributed by atoms with Crippen molar-refractivity contribution in [2.45, 2.75) is 19.4 Å². The fourth-order valence-electron chi connectivity index (χ4n) is 4.21. The van der Waals surface area contributed by atoms with Gasteiger partial charge in [0.05, 0.1) is 24.7 Å². The molecule has 0 aromatic heterocycles. The molecule has 0 atom stereocenters. The fourth-order valence-corrected chi connectivity index (χ4v) is 4.21. The van der Waals surface area contributed by atoms with Crippen molar-refractivity contribution in [3.05, 3.63) is 63.7 Å². The molecule has 0 N–H and O–H groups in total. The molecule has 7 nitrogen and oxygen atoms in total. The van der Waals surface area contributed by atoms with Gasteiger partial charge in [-0.2, -0.15) is 5.26 Å². The van der Waals surface area contributed by atoms with Crippen LogP contribution in [0.2, 0.25) is 0 Å². The zero-order valence-electron chi connectivity index (χ0n) is 18.2. The number of cyclic esters (lactones) is 1. The molecule has 0 spiro atoms. The first kappa shape index (κ1) is 22.7. The molecule has 0 saturated carbocycles. The number of nitrogens with zero attached hydrogens (tertiary/aromatic N) is 3. The molecule has 2 aromatic rings. The van der Waals surface area contributed by atoms with Gasteiger partial charge in [-0.25, -0.2) is 13.6 Å². The summed E-state index contributed by atoms with van der Waals surface area (Å²) in [7, 11) is 1.18. The average molecular weight is 455 g/mol. The maximum absolute atomic E-state index is 14.4. The summed E-state index contributed by atoms with van der Waals surface area (Å²) < 4.78 is 38.7. The van der Waals surface area contributed by atoms with Crippen LogP contribution in [0.25, 0.3) is 0 Å². The number of carbonyl (C=O) groups excluding carboxylic acids is 2. The van der Waals surface area contributed by atoms with Crippen molar-refractivity contribution in [3.63, 3.8) is 0 Å². The van der Waals surface area contributed by atoms with E-state index in [1.165, 1.54) is 7.11 Å². The van der Waals surface area contributed by atoms with Gasteiger partial charge in [0.1, 0.15) is 18.5 Å². The Morgan fingerprint density at radius 3 is 2.67 bits per heavy atom. The molecule has 2 heterocycles. The summed E-state index contributed by atoms with van der Waals surface area (Å²) in [5.74, 6) is -2.80. The summed E-state index contributed by atoms with van der Waals surface area (Å²) in [5, 5.41) is 8.92. The quantitative estimate of drug-likeness (QED) is 0.623. The number of esters is 1. The van der Waals surface area contributed by atoms with E-state index in [4.69, 9.17) is 14.7 Å². The second-order valence-corrected chi connectivity index (χ2v) is 8.06. The molecule has 0 unspecified atom stereocenters. The minimum atomic E-state index is -0.962. The van der Waals surface area contributed by atoms with Crippen LogP contribution in [-0.2, 0) is 29.0 Å². The van der Waals surface area contributed by atoms with Gasteiger partial charge in [-0.1, -0.05) is 12.1 Å². The van der Waals surface area contributed by atoms with E-state index in [-0.39, 0.29) is 23.9 Å². The molecule has 0 aliphatic carbocycles. The molecule has 172 valence electrons. The van der Waals surface area contributed by atoms with Crippen LogP contribution in [0.4, 0.5) is 8.78 Å². The third-order valence-corrected chi connectivity index (χ3v) is 6.11. The summed E-state index contributed by atoms with van der Waals surface area (Å²) in [6, 6.07) is 8.11. The molecule has 2 aliphatic heterocycles. The number of carbonyl (C=O) groups is 2. The largest absolute Gasteiger partial charge is 0.493 e. The van der Waals surface area contributed by atoms with Gasteiger partial charge in [-0.05, 0) is 24.1 Å². The van der Waals surface area contributed by atoms with Crippen molar-refractivity contribution in [2.24, 2.45) is 0 Å². The van der Waals surface area contributed by atoms with Crippen LogP contribution in [0.3, 0.4) is 0 Å². The zero-order chi connectivity index (χ0) is 23.5. The van der Waals surface area contributed by atoms with E-state index in [2.05, 4.69) is 4.90 Å². The predicted octanol–water partition coefficient (Wildman–Crippen LogP) is 2.44. The van der Waals surface area contributed by atoms with Crippen molar-refractivity contribution in [1.29, 1.82) is 5.26 Å². The second kappa shape index (κ2) is 9.55. The predicted molar refractivity (Wildman–Crippen MR) is 114 cm³/mol. The Balaban J connectivity index is 1.31. The lowest BCUT2D eigenvalue weighted by molar-refractivity contribution is -0.132. The normalized spacial score (nSPS) is 15.7. The Bertz CT molecular complexity index is 1140. The maximum atomic E-state index is 14.4. The minimum absolute atomic E-state index is 0.180. The van der Waals surface area contributed by atoms with Gasteiger partial charge in [0.2, 0.25) is 5.91 Å². The highest BCUT2D eigenvalue weighted by Crippen LogP contribution is 2.29. The SMILES string of the molecule is COc1c(F)c(C#N)cc(F)c1CC(=O)N1CCN(CCc2ccc3c(c2)COC3=O)CC1. The summed E-state index contributed by atoms with van der Waals surface area (Å²) in [4.78, 5) is 28.2. The van der Waals surface area contributed by atoms with Gasteiger partial charge in [0.25, 0.3) is 0 Å². The second-order valence-electron chi connectivity index (χ2n) is 8.06. The van der Waals surface area contributed by atoms with Crippen molar-refractivity contribution in [2.75, 3.05) is 39.8 Å². The third-order valence-electron chi connectivity index (χ3n) is 6.11. The van der Waals surface area contributed by atoms with E-state index in [0.717, 1.165) is 30.2 Å². The van der Waals surface area contributed by atoms with Gasteiger partial charge >= 0.3 is 5.97 Å². The van der Waals surface area contributed by atoms with E-state index < -0.39 is 22.9 Å². The molecule has 33 heavy (non-hydrogen) atoms. The summed E-state index contributed by atoms with van der Waals surface area (Å²) >= 11 is 0. The van der Waals surface area contributed by atoms with Gasteiger partial charge in [0.15, 0.2) is 11.6 Å². The van der Waals surface area contributed by atoms with Crippen LogP contribution >= 0.6 is 0 Å². The molecular formula is C24H23F2N3O4. The molecule has 1 fully saturated rings. The lowest BCUT2D eigenvalue weighted by atomic mass is 10.0. The number of halogens is 2. The highest BCUT2D eigenvalue weighted by atomic mass is 19.1. The highest BCUT2D eigenvalue weighted by molar-refractivity contribution is 5.93. The van der Waals surface area contributed by atoms with E-state index in [1.54, 1.807) is 17.0 Å². The molecule has 0 bridgehead atoms. The number of hydrogen-bond donors (Lipinski definition) is 0. The number of methoxy groups -OCH3 is 1. The van der Waals surface area contributed by atoms with E-state index in [9.17, 15) is 18.4 Å². The molecule has 1 amide bonds. The number of hydrogen-bond acceptors (Lipinski definition) is 6. The Hall–Kier alpha value is -3.51. The van der Waals surface area contributed by atoms with Gasteiger partial charge in [-0.15, -0.1) is 0 Å². The van der Waals surface area contributed by atoms with Crippen molar-refractivity contribution < 1.29 is 27.8 Å². The lowest BCUT2D eigenvalue weighted by Crippen LogP contribution is -2.49. The number of nitriles is 1. The Morgan fingerprint density at radius 2 is 1.97 bits per heavy atom. The summed E-state index contributed by atoms with van der Waals surface area (Å²) in [6.07, 6.45) is 0.468. The number of fused-ring (bicyclic) bond motifs is 1. The molecular weight excluding hydrogens is 432 g/mol. The molecule has 0 radical (unpaired) electrons. The summed E-state index contributed by atoms with van der Waals surface area (Å²) in [5.41, 5.74) is 2.02. The van der Waals surface area contributed by atoms with Crippen molar-refractivity contribution in [3.8, 4) is 11.8 Å². The number of rotatable bonds is 6. The van der Waals surface area contributed by atoms with Crippen molar-refractivity contribution in [1.82, 2.24) is 9.80 Å². The first-order valence-electron chi connectivity index (χ1n) is 10.6. The topological polar surface area (TPSA) is 82.9 Å². The van der Waals surface area contributed by atoms with Crippen LogP contribution in [0, 0.1) is 23.0 Å². The fraction of sp³-hybridized carbons (Fsp3) is 0.375.